The van der Waals surface area contributed by atoms with E-state index in [-0.39, 0.29) is 32.2 Å². The number of phosphoric ester groups is 1. The van der Waals surface area contributed by atoms with Crippen molar-refractivity contribution in [1.82, 2.24) is 0 Å². The molecule has 0 aromatic rings. The topological polar surface area (TPSA) is 94.1 Å². The maximum atomic E-state index is 12.7. The lowest BCUT2D eigenvalue weighted by Gasteiger charge is -2.28. The highest BCUT2D eigenvalue weighted by atomic mass is 31.2. The number of rotatable bonds is 42. The smallest absolute Gasteiger partial charge is 0.306 e. The van der Waals surface area contributed by atoms with Gasteiger partial charge in [0.2, 0.25) is 0 Å². The van der Waals surface area contributed by atoms with Gasteiger partial charge in [0, 0.05) is 13.0 Å². The second-order valence-corrected chi connectivity index (χ2v) is 17.8. The molecule has 9 heteroatoms. The summed E-state index contributed by atoms with van der Waals surface area (Å²) in [6, 6.07) is 0. The molecule has 2 unspecified atom stereocenters. The minimum Gasteiger partial charge on any atom is -0.756 e. The van der Waals surface area contributed by atoms with Gasteiger partial charge in [-0.3, -0.25) is 9.36 Å². The van der Waals surface area contributed by atoms with E-state index in [1.165, 1.54) is 12.8 Å². The lowest BCUT2D eigenvalue weighted by Crippen LogP contribution is -2.37. The number of likely N-dealkylation sites (N-methyl/N-ethyl adjacent to an activating group) is 1. The van der Waals surface area contributed by atoms with E-state index in [2.05, 4.69) is 123 Å². The normalized spacial score (nSPS) is 14.7. The van der Waals surface area contributed by atoms with Crippen molar-refractivity contribution >= 4 is 13.8 Å². The molecule has 0 bridgehead atoms. The van der Waals surface area contributed by atoms with Crippen LogP contribution in [0.2, 0.25) is 0 Å². The van der Waals surface area contributed by atoms with Crippen LogP contribution in [0.4, 0.5) is 0 Å². The Morgan fingerprint density at radius 1 is 0.508 bits per heavy atom. The molecule has 0 spiro atoms. The van der Waals surface area contributed by atoms with Crippen LogP contribution < -0.4 is 4.89 Å². The number of ether oxygens (including phenoxy) is 2. The summed E-state index contributed by atoms with van der Waals surface area (Å²) in [7, 11) is 1.31. The van der Waals surface area contributed by atoms with Gasteiger partial charge in [-0.2, -0.15) is 0 Å². The molecule has 0 aliphatic heterocycles. The van der Waals surface area contributed by atoms with E-state index in [0.717, 1.165) is 122 Å². The van der Waals surface area contributed by atoms with Crippen LogP contribution in [0.5, 0.6) is 0 Å². The highest BCUT2D eigenvalue weighted by Gasteiger charge is 2.20. The summed E-state index contributed by atoms with van der Waals surface area (Å²) in [5.74, 6) is -0.363. The quantitative estimate of drug-likeness (QED) is 0.0198. The average Bonchev–Trinajstić information content (AvgIpc) is 3.22. The minimum atomic E-state index is -4.55. The number of quaternary nitrogens is 1. The number of phosphoric acid groups is 1. The number of esters is 1. The maximum absolute atomic E-state index is 12.7. The number of unbranched alkanes of at least 4 members (excludes halogenated alkanes) is 10. The molecular weight excluding hydrogens is 782 g/mol. The van der Waals surface area contributed by atoms with Gasteiger partial charge in [0.15, 0.2) is 0 Å². The van der Waals surface area contributed by atoms with Gasteiger partial charge in [-0.25, -0.2) is 0 Å². The first-order chi connectivity index (χ1) is 29.6. The van der Waals surface area contributed by atoms with Gasteiger partial charge in [-0.1, -0.05) is 162 Å². The molecule has 0 amide bonds. The van der Waals surface area contributed by atoms with Crippen molar-refractivity contribution in [2.24, 2.45) is 0 Å². The maximum Gasteiger partial charge on any atom is 0.306 e. The summed E-state index contributed by atoms with van der Waals surface area (Å²) in [5, 5.41) is 0. The summed E-state index contributed by atoms with van der Waals surface area (Å²) < 4.78 is 34.6. The van der Waals surface area contributed by atoms with Gasteiger partial charge in [-0.05, 0) is 96.3 Å². The molecule has 0 aromatic heterocycles. The molecule has 0 aliphatic carbocycles. The number of allylic oxidation sites excluding steroid dienone is 18. The van der Waals surface area contributed by atoms with Gasteiger partial charge in [0.05, 0.1) is 34.4 Å². The molecule has 8 nitrogen and oxygen atoms in total. The number of hydrogen-bond donors (Lipinski definition) is 0. The van der Waals surface area contributed by atoms with Crippen LogP contribution in [0.1, 0.15) is 155 Å². The van der Waals surface area contributed by atoms with Crippen molar-refractivity contribution < 1.29 is 37.3 Å². The van der Waals surface area contributed by atoms with E-state index < -0.39 is 13.9 Å². The van der Waals surface area contributed by atoms with Gasteiger partial charge in [0.25, 0.3) is 7.82 Å². The van der Waals surface area contributed by atoms with Crippen molar-refractivity contribution in [2.75, 3.05) is 54.1 Å². The molecule has 0 saturated carbocycles. The molecule has 61 heavy (non-hydrogen) atoms. The van der Waals surface area contributed by atoms with E-state index >= 15 is 0 Å². The highest BCUT2D eigenvalue weighted by Crippen LogP contribution is 2.38. The van der Waals surface area contributed by atoms with Crippen LogP contribution in [0, 0.1) is 0 Å². The summed E-state index contributed by atoms with van der Waals surface area (Å²) in [6.07, 6.45) is 61.0. The Morgan fingerprint density at radius 3 is 1.34 bits per heavy atom. The van der Waals surface area contributed by atoms with Crippen molar-refractivity contribution in [1.29, 1.82) is 0 Å². The summed E-state index contributed by atoms with van der Waals surface area (Å²) in [4.78, 5) is 25.1. The number of carbonyl (C=O) groups is 1. The lowest BCUT2D eigenvalue weighted by molar-refractivity contribution is -0.870. The first kappa shape index (κ1) is 58.2. The first-order valence-corrected chi connectivity index (χ1v) is 25.1. The minimum absolute atomic E-state index is 0.0107. The Bertz CT molecular complexity index is 1340. The van der Waals surface area contributed by atoms with Crippen LogP contribution >= 0.6 is 7.82 Å². The molecule has 0 heterocycles. The third-order valence-electron chi connectivity index (χ3n) is 9.32. The second kappa shape index (κ2) is 43.8. The monoisotopic (exact) mass is 870 g/mol. The average molecular weight is 870 g/mol. The third-order valence-corrected chi connectivity index (χ3v) is 10.3. The Balaban J connectivity index is 4.31. The lowest BCUT2D eigenvalue weighted by atomic mass is 10.1. The van der Waals surface area contributed by atoms with Crippen molar-refractivity contribution in [3.05, 3.63) is 109 Å². The Labute approximate surface area is 374 Å². The van der Waals surface area contributed by atoms with Crippen LogP contribution in [0.15, 0.2) is 109 Å². The summed E-state index contributed by atoms with van der Waals surface area (Å²) >= 11 is 0. The first-order valence-electron chi connectivity index (χ1n) is 23.6. The van der Waals surface area contributed by atoms with Crippen molar-refractivity contribution in [3.63, 3.8) is 0 Å². The molecule has 2 atom stereocenters. The van der Waals surface area contributed by atoms with E-state index in [0.29, 0.717) is 17.6 Å². The van der Waals surface area contributed by atoms with Gasteiger partial charge in [0.1, 0.15) is 19.3 Å². The molecule has 348 valence electrons. The Hall–Kier alpha value is -2.84. The Morgan fingerprint density at radius 2 is 0.902 bits per heavy atom. The molecule has 0 fully saturated rings. The zero-order valence-electron chi connectivity index (χ0n) is 39.3. The number of hydrogen-bond acceptors (Lipinski definition) is 7. The fourth-order valence-corrected chi connectivity index (χ4v) is 6.47. The third kappa shape index (κ3) is 48.1. The van der Waals surface area contributed by atoms with Gasteiger partial charge in [-0.15, -0.1) is 0 Å². The Kier molecular flexibility index (Phi) is 41.8. The second-order valence-electron chi connectivity index (χ2n) is 16.3. The SMILES string of the molecule is CC/C=C\C/C=C\C/C=C\C/C=C\C/C=C\CCCCCCOCC(COP(=O)([O-])OCC[N+](C)(C)C)OC(=O)CCCCCCCC/C=C\C/C=C\C/C=C\C/C=C\CC. The molecular formula is C52H88NO7P. The largest absolute Gasteiger partial charge is 0.756 e. The molecule has 0 rings (SSSR count). The van der Waals surface area contributed by atoms with Gasteiger partial charge < -0.3 is 27.9 Å². The fourth-order valence-electron chi connectivity index (χ4n) is 5.74. The van der Waals surface area contributed by atoms with Crippen molar-refractivity contribution in [3.8, 4) is 0 Å². The predicted octanol–water partition coefficient (Wildman–Crippen LogP) is 13.8. The fraction of sp³-hybridized carbons (Fsp3) is 0.635. The highest BCUT2D eigenvalue weighted by molar-refractivity contribution is 7.45. The van der Waals surface area contributed by atoms with Gasteiger partial charge >= 0.3 is 5.97 Å². The van der Waals surface area contributed by atoms with Crippen LogP contribution in [-0.2, 0) is 27.9 Å². The zero-order valence-corrected chi connectivity index (χ0v) is 40.2. The van der Waals surface area contributed by atoms with E-state index in [9.17, 15) is 14.3 Å². The summed E-state index contributed by atoms with van der Waals surface area (Å²) in [6.45, 7) is 5.07. The number of carbonyl (C=O) groups excluding carboxylic acids is 1. The van der Waals surface area contributed by atoms with Crippen LogP contribution in [0.3, 0.4) is 0 Å². The van der Waals surface area contributed by atoms with E-state index in [1.807, 2.05) is 21.1 Å². The molecule has 0 aromatic carbocycles. The van der Waals surface area contributed by atoms with Crippen LogP contribution in [-0.4, -0.2) is 70.7 Å². The number of nitrogens with zero attached hydrogens (tertiary/aromatic N) is 1. The van der Waals surface area contributed by atoms with E-state index in [1.54, 1.807) is 0 Å². The van der Waals surface area contributed by atoms with E-state index in [4.69, 9.17) is 18.5 Å². The standard InChI is InChI=1S/C52H88NO7P/c1-6-8-10-12-14-16-18-20-22-24-26-28-30-32-34-36-38-40-42-44-47-57-49-51(50-59-61(55,56)58-48-46-53(3,4)5)60-52(54)45-43-41-39-37-35-33-31-29-27-25-23-21-19-17-15-13-11-9-7-2/h8-11,14-17,20-23,26-29,32,34,51H,6-7,12-13,18-19,24-25,30-31,33,35-50H2,1-5H3/b10-8-,11-9-,16-14-,17-15-,22-20-,23-21-,28-26-,29-27-,34-32-. The predicted molar refractivity (Wildman–Crippen MR) is 258 cm³/mol. The molecule has 0 radical (unpaired) electrons. The molecule has 0 saturated heterocycles. The molecule has 0 N–H and O–H groups in total. The summed E-state index contributed by atoms with van der Waals surface area (Å²) in [5.41, 5.74) is 0. The van der Waals surface area contributed by atoms with Crippen molar-refractivity contribution in [2.45, 2.75) is 161 Å². The molecule has 0 aliphatic rings. The zero-order chi connectivity index (χ0) is 44.8. The van der Waals surface area contributed by atoms with Crippen LogP contribution in [0.25, 0.3) is 0 Å².